The lowest BCUT2D eigenvalue weighted by Crippen LogP contribution is -3.00. The molecule has 2 heterocycles. The highest BCUT2D eigenvalue weighted by molar-refractivity contribution is 5.74. The van der Waals surface area contributed by atoms with Crippen LogP contribution in [0.25, 0.3) is 0 Å². The maximum Gasteiger partial charge on any atom is 0.286 e. The maximum absolute atomic E-state index is 11.9. The van der Waals surface area contributed by atoms with E-state index < -0.39 is 43.2 Å². The van der Waals surface area contributed by atoms with Crippen molar-refractivity contribution >= 4 is 5.91 Å². The third-order valence-corrected chi connectivity index (χ3v) is 3.33. The fourth-order valence-corrected chi connectivity index (χ4v) is 2.19. The van der Waals surface area contributed by atoms with E-state index in [-0.39, 0.29) is 19.0 Å². The number of pyridine rings is 1. The number of rotatable bonds is 4. The summed E-state index contributed by atoms with van der Waals surface area (Å²) in [4.78, 5) is 11.9. The summed E-state index contributed by atoms with van der Waals surface area (Å²) in [5, 5.41) is 40.8. The minimum absolute atomic E-state index is 0. The molecule has 1 fully saturated rings. The largest absolute Gasteiger partial charge is 1.00 e. The Balaban J connectivity index is 0.00000242. The molecule has 1 aliphatic rings. The number of nitrogens with one attached hydrogen (secondary N) is 1. The molecular weight excluding hydrogens is 316 g/mol. The number of halogens is 1. The Morgan fingerprint density at radius 1 is 1.14 bits per heavy atom. The van der Waals surface area contributed by atoms with Gasteiger partial charge in [-0.05, 0) is 0 Å². The molecule has 1 saturated heterocycles. The molecule has 1 amide bonds. The van der Waals surface area contributed by atoms with Gasteiger partial charge >= 0.3 is 0 Å². The minimum Gasteiger partial charge on any atom is -1.00 e. The summed E-state index contributed by atoms with van der Waals surface area (Å²) < 4.78 is 6.57. The summed E-state index contributed by atoms with van der Waals surface area (Å²) in [7, 11) is 0. The third kappa shape index (κ3) is 4.35. The first-order valence-electron chi connectivity index (χ1n) is 6.57. The van der Waals surface area contributed by atoms with Gasteiger partial charge in [0.05, 0.1) is 6.61 Å². The van der Waals surface area contributed by atoms with E-state index in [0.717, 1.165) is 0 Å². The summed E-state index contributed by atoms with van der Waals surface area (Å²) >= 11 is 0. The zero-order valence-corrected chi connectivity index (χ0v) is 12.4. The molecule has 0 saturated carbocycles. The van der Waals surface area contributed by atoms with Crippen molar-refractivity contribution in [2.75, 3.05) is 6.61 Å². The number of carbonyl (C=O) groups is 1. The predicted molar refractivity (Wildman–Crippen MR) is 68.5 cm³/mol. The molecule has 0 spiro atoms. The van der Waals surface area contributed by atoms with E-state index >= 15 is 0 Å². The first-order chi connectivity index (χ1) is 10.0. The molecule has 8 nitrogen and oxygen atoms in total. The summed E-state index contributed by atoms with van der Waals surface area (Å²) in [6.45, 7) is -0.549. The topological polar surface area (TPSA) is 123 Å². The smallest absolute Gasteiger partial charge is 0.286 e. The molecule has 5 N–H and O–H groups in total. The number of aliphatic hydroxyl groups is 4. The molecule has 1 aliphatic heterocycles. The monoisotopic (exact) mass is 334 g/mol. The number of carbonyl (C=O) groups excluding carboxylic acids is 1. The highest BCUT2D eigenvalue weighted by Crippen LogP contribution is 2.19. The van der Waals surface area contributed by atoms with Crippen molar-refractivity contribution in [3.05, 3.63) is 30.6 Å². The van der Waals surface area contributed by atoms with E-state index in [1.165, 1.54) is 0 Å². The number of aromatic nitrogens is 1. The molecule has 0 radical (unpaired) electrons. The second-order valence-corrected chi connectivity index (χ2v) is 4.87. The third-order valence-electron chi connectivity index (χ3n) is 3.33. The van der Waals surface area contributed by atoms with Gasteiger partial charge in [0.25, 0.3) is 5.91 Å². The highest BCUT2D eigenvalue weighted by Gasteiger charge is 2.44. The van der Waals surface area contributed by atoms with Crippen LogP contribution in [0.1, 0.15) is 0 Å². The standard InChI is InChI=1S/C13H18N2O6.ClH/c16-7-8-11(18)12(19)10(13(20)21-8)14-9(17)6-15-4-2-1-3-5-15;/h1-5,8,10-13,16,18-20H,6-7H2;1H/t8-,10-,11-,12-,13?;/m1./s1. The predicted octanol–water partition coefficient (Wildman–Crippen LogP) is -6.11. The number of aliphatic hydroxyl groups excluding tert-OH is 4. The van der Waals surface area contributed by atoms with Gasteiger partial charge in [-0.2, -0.15) is 4.57 Å². The SMILES string of the molecule is O=C(C[n+]1ccccc1)N[C@H]1C(O)O[C@H](CO)[C@@H](O)[C@@H]1O.[Cl-]. The summed E-state index contributed by atoms with van der Waals surface area (Å²) in [5.74, 6) is -0.451. The Kier molecular flexibility index (Phi) is 7.14. The van der Waals surface area contributed by atoms with Gasteiger partial charge in [-0.25, -0.2) is 0 Å². The van der Waals surface area contributed by atoms with Crippen LogP contribution < -0.4 is 22.3 Å². The Labute approximate surface area is 133 Å². The van der Waals surface area contributed by atoms with E-state index in [2.05, 4.69) is 5.32 Å². The van der Waals surface area contributed by atoms with Crippen LogP contribution in [0.4, 0.5) is 0 Å². The van der Waals surface area contributed by atoms with Gasteiger partial charge in [0, 0.05) is 12.1 Å². The molecule has 2 rings (SSSR count). The molecule has 0 aliphatic carbocycles. The van der Waals surface area contributed by atoms with E-state index in [1.807, 2.05) is 6.07 Å². The lowest BCUT2D eigenvalue weighted by molar-refractivity contribution is -0.684. The first-order valence-corrected chi connectivity index (χ1v) is 6.57. The van der Waals surface area contributed by atoms with Crippen LogP contribution in [0.2, 0.25) is 0 Å². The van der Waals surface area contributed by atoms with Crippen LogP contribution in [0, 0.1) is 0 Å². The van der Waals surface area contributed by atoms with Crippen molar-refractivity contribution in [2.24, 2.45) is 0 Å². The zero-order valence-electron chi connectivity index (χ0n) is 11.6. The lowest BCUT2D eigenvalue weighted by atomic mass is 9.97. The van der Waals surface area contributed by atoms with Gasteiger partial charge in [0.1, 0.15) is 24.4 Å². The lowest BCUT2D eigenvalue weighted by Gasteiger charge is -2.40. The second-order valence-electron chi connectivity index (χ2n) is 4.87. The number of amides is 1. The van der Waals surface area contributed by atoms with Gasteiger partial charge in [0.2, 0.25) is 6.54 Å². The molecule has 5 atom stereocenters. The van der Waals surface area contributed by atoms with Gasteiger partial charge in [0.15, 0.2) is 18.7 Å². The molecule has 1 unspecified atom stereocenters. The number of ether oxygens (including phenoxy) is 1. The summed E-state index contributed by atoms with van der Waals surface area (Å²) in [6.07, 6.45) is -2.04. The zero-order chi connectivity index (χ0) is 15.4. The van der Waals surface area contributed by atoms with Gasteiger partial charge < -0.3 is 42.9 Å². The highest BCUT2D eigenvalue weighted by atomic mass is 35.5. The summed E-state index contributed by atoms with van der Waals surface area (Å²) in [5.41, 5.74) is 0. The maximum atomic E-state index is 11.9. The Bertz CT molecular complexity index is 477. The van der Waals surface area contributed by atoms with Crippen molar-refractivity contribution in [1.82, 2.24) is 5.32 Å². The van der Waals surface area contributed by atoms with Gasteiger partial charge in [-0.15, -0.1) is 0 Å². The second kappa shape index (κ2) is 8.37. The Morgan fingerprint density at radius 2 is 1.77 bits per heavy atom. The Hall–Kier alpha value is -1.29. The van der Waals surface area contributed by atoms with Crippen molar-refractivity contribution in [3.8, 4) is 0 Å². The Morgan fingerprint density at radius 3 is 2.36 bits per heavy atom. The molecule has 1 aromatic rings. The molecule has 1 aromatic heterocycles. The minimum atomic E-state index is -1.51. The average molecular weight is 335 g/mol. The number of hydrogen-bond donors (Lipinski definition) is 5. The van der Waals surface area contributed by atoms with Gasteiger partial charge in [-0.1, -0.05) is 6.07 Å². The van der Waals surface area contributed by atoms with Crippen LogP contribution in [0.15, 0.2) is 30.6 Å². The van der Waals surface area contributed by atoms with Crippen LogP contribution in [-0.4, -0.2) is 63.6 Å². The van der Waals surface area contributed by atoms with Crippen LogP contribution >= 0.6 is 0 Å². The number of hydrogen-bond acceptors (Lipinski definition) is 6. The molecule has 9 heteroatoms. The number of nitrogens with zero attached hydrogens (tertiary/aromatic N) is 1. The van der Waals surface area contributed by atoms with Crippen LogP contribution in [-0.2, 0) is 16.1 Å². The molecule has 0 aromatic carbocycles. The van der Waals surface area contributed by atoms with Crippen LogP contribution in [0.3, 0.4) is 0 Å². The molecule has 22 heavy (non-hydrogen) atoms. The normalized spacial score (nSPS) is 31.2. The van der Waals surface area contributed by atoms with E-state index in [4.69, 9.17) is 9.84 Å². The average Bonchev–Trinajstić information content (AvgIpc) is 2.48. The van der Waals surface area contributed by atoms with Crippen molar-refractivity contribution in [3.63, 3.8) is 0 Å². The van der Waals surface area contributed by atoms with Crippen molar-refractivity contribution in [2.45, 2.75) is 37.2 Å². The molecule has 0 bridgehead atoms. The fourth-order valence-electron chi connectivity index (χ4n) is 2.19. The van der Waals surface area contributed by atoms with Gasteiger partial charge in [-0.3, -0.25) is 4.79 Å². The fraction of sp³-hybridized carbons (Fsp3) is 0.538. The van der Waals surface area contributed by atoms with Crippen molar-refractivity contribution < 1.29 is 46.9 Å². The molecular formula is C13H19ClN2O6. The van der Waals surface area contributed by atoms with E-state index in [9.17, 15) is 20.1 Å². The first kappa shape index (κ1) is 18.8. The summed E-state index contributed by atoms with van der Waals surface area (Å²) in [6, 6.07) is 4.16. The van der Waals surface area contributed by atoms with Crippen LogP contribution in [0.5, 0.6) is 0 Å². The van der Waals surface area contributed by atoms with Crippen molar-refractivity contribution in [1.29, 1.82) is 0 Å². The van der Waals surface area contributed by atoms with E-state index in [1.54, 1.807) is 29.1 Å². The quantitative estimate of drug-likeness (QED) is 0.349. The molecule has 124 valence electrons. The van der Waals surface area contributed by atoms with E-state index in [0.29, 0.717) is 0 Å².